The number of aromatic nitrogens is 2. The Morgan fingerprint density at radius 2 is 2.12 bits per heavy atom. The van der Waals surface area contributed by atoms with Crippen molar-refractivity contribution < 1.29 is 4.74 Å². The smallest absolute Gasteiger partial charge is 0.193 e. The molecular formula is C18H33N5O. The van der Waals surface area contributed by atoms with Crippen LogP contribution < -0.4 is 5.32 Å². The van der Waals surface area contributed by atoms with Crippen LogP contribution in [0.5, 0.6) is 0 Å². The van der Waals surface area contributed by atoms with Gasteiger partial charge in [0.05, 0.1) is 11.8 Å². The van der Waals surface area contributed by atoms with Crippen LogP contribution in [0.15, 0.2) is 11.1 Å². The first kappa shape index (κ1) is 18.8. The second-order valence-electron chi connectivity index (χ2n) is 6.78. The Hall–Kier alpha value is -1.56. The normalized spacial score (nSPS) is 18.0. The van der Waals surface area contributed by atoms with Crippen molar-refractivity contribution in [1.29, 1.82) is 0 Å². The molecule has 24 heavy (non-hydrogen) atoms. The molecule has 0 aliphatic carbocycles. The molecule has 1 aromatic rings. The third-order valence-electron chi connectivity index (χ3n) is 4.55. The minimum atomic E-state index is 0.411. The molecule has 1 aromatic heterocycles. The van der Waals surface area contributed by atoms with Gasteiger partial charge in [-0.25, -0.2) is 0 Å². The van der Waals surface area contributed by atoms with Crippen LogP contribution in [0.1, 0.15) is 38.1 Å². The van der Waals surface area contributed by atoms with Crippen molar-refractivity contribution >= 4 is 5.96 Å². The van der Waals surface area contributed by atoms with Crippen LogP contribution >= 0.6 is 0 Å². The number of ether oxygens (including phenoxy) is 1. The second-order valence-corrected chi connectivity index (χ2v) is 6.78. The zero-order valence-electron chi connectivity index (χ0n) is 15.9. The van der Waals surface area contributed by atoms with Crippen LogP contribution in [0.2, 0.25) is 0 Å². The lowest BCUT2D eigenvalue weighted by molar-refractivity contribution is 0.0263. The molecule has 0 bridgehead atoms. The summed E-state index contributed by atoms with van der Waals surface area (Å²) in [6.45, 7) is 13.1. The van der Waals surface area contributed by atoms with Gasteiger partial charge in [0.1, 0.15) is 0 Å². The summed E-state index contributed by atoms with van der Waals surface area (Å²) in [4.78, 5) is 6.79. The van der Waals surface area contributed by atoms with Gasteiger partial charge < -0.3 is 15.0 Å². The van der Waals surface area contributed by atoms with Gasteiger partial charge in [0.2, 0.25) is 0 Å². The molecule has 0 aromatic carbocycles. The molecule has 0 spiro atoms. The molecule has 6 nitrogen and oxygen atoms in total. The highest BCUT2D eigenvalue weighted by Crippen LogP contribution is 2.14. The third kappa shape index (κ3) is 5.23. The summed E-state index contributed by atoms with van der Waals surface area (Å²) in [5, 5.41) is 8.07. The Kier molecular flexibility index (Phi) is 7.09. The average molecular weight is 335 g/mol. The van der Waals surface area contributed by atoms with Crippen molar-refractivity contribution in [1.82, 2.24) is 20.0 Å². The molecule has 1 fully saturated rings. The van der Waals surface area contributed by atoms with Gasteiger partial charge in [-0.15, -0.1) is 0 Å². The van der Waals surface area contributed by atoms with E-state index in [2.05, 4.69) is 51.8 Å². The highest BCUT2D eigenvalue weighted by Gasteiger charge is 2.21. The van der Waals surface area contributed by atoms with E-state index >= 15 is 0 Å². The van der Waals surface area contributed by atoms with Gasteiger partial charge in [0, 0.05) is 45.5 Å². The maximum absolute atomic E-state index is 5.73. The largest absolute Gasteiger partial charge is 0.378 e. The maximum atomic E-state index is 5.73. The van der Waals surface area contributed by atoms with Crippen molar-refractivity contribution in [2.75, 3.05) is 33.3 Å². The second kappa shape index (κ2) is 9.06. The minimum Gasteiger partial charge on any atom is -0.378 e. The summed E-state index contributed by atoms with van der Waals surface area (Å²) in [6.07, 6.45) is 2.57. The summed E-state index contributed by atoms with van der Waals surface area (Å²) in [6, 6.07) is 2.13. The number of likely N-dealkylation sites (tertiary alicyclic amines) is 1. The van der Waals surface area contributed by atoms with Gasteiger partial charge in [0.15, 0.2) is 5.96 Å². The van der Waals surface area contributed by atoms with Crippen molar-refractivity contribution in [3.05, 3.63) is 17.5 Å². The van der Waals surface area contributed by atoms with Gasteiger partial charge >= 0.3 is 0 Å². The molecule has 1 N–H and O–H groups in total. The molecule has 0 saturated carbocycles. The van der Waals surface area contributed by atoms with E-state index in [1.54, 1.807) is 0 Å². The number of nitrogens with zero attached hydrogens (tertiary/aromatic N) is 4. The lowest BCUT2D eigenvalue weighted by Gasteiger charge is -2.34. The van der Waals surface area contributed by atoms with Crippen LogP contribution in [-0.2, 0) is 11.3 Å². The maximum Gasteiger partial charge on any atom is 0.193 e. The molecule has 1 saturated heterocycles. The Bertz CT molecular complexity index is 532. The lowest BCUT2D eigenvalue weighted by atomic mass is 10.1. The third-order valence-corrected chi connectivity index (χ3v) is 4.55. The number of hydrogen-bond acceptors (Lipinski definition) is 3. The molecule has 0 amide bonds. The Morgan fingerprint density at radius 1 is 1.42 bits per heavy atom. The van der Waals surface area contributed by atoms with Crippen LogP contribution in [-0.4, -0.2) is 60.0 Å². The molecule has 1 unspecified atom stereocenters. The molecule has 2 heterocycles. The Labute approximate surface area is 146 Å². The van der Waals surface area contributed by atoms with E-state index in [1.807, 2.05) is 14.0 Å². The predicted octanol–water partition coefficient (Wildman–Crippen LogP) is 2.21. The zero-order valence-corrected chi connectivity index (χ0v) is 15.9. The molecular weight excluding hydrogens is 302 g/mol. The number of piperidine rings is 1. The van der Waals surface area contributed by atoms with Crippen molar-refractivity contribution in [3.63, 3.8) is 0 Å². The fourth-order valence-corrected chi connectivity index (χ4v) is 3.29. The number of aliphatic imine (C=N–C) groups is 1. The number of aryl methyl sites for hydroxylation is 2. The molecule has 2 rings (SSSR count). The first-order chi connectivity index (χ1) is 11.5. The van der Waals surface area contributed by atoms with Gasteiger partial charge in [-0.05, 0) is 45.6 Å². The fraction of sp³-hybridized carbons (Fsp3) is 0.778. The number of hydrogen-bond donors (Lipinski definition) is 1. The predicted molar refractivity (Wildman–Crippen MR) is 98.4 cm³/mol. The van der Waals surface area contributed by atoms with Crippen molar-refractivity contribution in [2.24, 2.45) is 10.9 Å². The summed E-state index contributed by atoms with van der Waals surface area (Å²) >= 11 is 0. The Morgan fingerprint density at radius 3 is 2.67 bits per heavy atom. The number of guanidine groups is 1. The van der Waals surface area contributed by atoms with Crippen LogP contribution in [0.4, 0.5) is 0 Å². The topological polar surface area (TPSA) is 54.7 Å². The van der Waals surface area contributed by atoms with E-state index in [1.165, 1.54) is 5.69 Å². The van der Waals surface area contributed by atoms with Gasteiger partial charge in [0.25, 0.3) is 0 Å². The lowest BCUT2D eigenvalue weighted by Crippen LogP contribution is -2.48. The van der Waals surface area contributed by atoms with Crippen molar-refractivity contribution in [2.45, 2.75) is 53.2 Å². The fourth-order valence-electron chi connectivity index (χ4n) is 3.29. The standard InChI is InChI=1S/C18H33N5O/c1-6-24-17-7-9-22(10-8-17)18(19-5)20-12-14(2)13-23-16(4)11-15(3)21-23/h11,14,17H,6-10,12-13H2,1-5H3,(H,19,20). The molecule has 6 heteroatoms. The summed E-state index contributed by atoms with van der Waals surface area (Å²) in [7, 11) is 1.86. The first-order valence-corrected chi connectivity index (χ1v) is 9.11. The monoisotopic (exact) mass is 335 g/mol. The first-order valence-electron chi connectivity index (χ1n) is 9.11. The van der Waals surface area contributed by atoms with Crippen LogP contribution in [0.25, 0.3) is 0 Å². The van der Waals surface area contributed by atoms with Crippen LogP contribution in [0.3, 0.4) is 0 Å². The van der Waals surface area contributed by atoms with Gasteiger partial charge in [-0.2, -0.15) is 5.10 Å². The van der Waals surface area contributed by atoms with Crippen molar-refractivity contribution in [3.8, 4) is 0 Å². The molecule has 0 radical (unpaired) electrons. The van der Waals surface area contributed by atoms with E-state index in [0.717, 1.165) is 57.3 Å². The van der Waals surface area contributed by atoms with E-state index in [9.17, 15) is 0 Å². The molecule has 136 valence electrons. The molecule has 1 aliphatic rings. The summed E-state index contributed by atoms with van der Waals surface area (Å²) in [5.41, 5.74) is 2.31. The van der Waals surface area contributed by atoms with E-state index in [0.29, 0.717) is 12.0 Å². The van der Waals surface area contributed by atoms with Gasteiger partial charge in [-0.1, -0.05) is 6.92 Å². The number of rotatable bonds is 6. The minimum absolute atomic E-state index is 0.411. The van der Waals surface area contributed by atoms with Gasteiger partial charge in [-0.3, -0.25) is 9.67 Å². The summed E-state index contributed by atoms with van der Waals surface area (Å²) < 4.78 is 7.82. The van der Waals surface area contributed by atoms with E-state index in [4.69, 9.17) is 4.74 Å². The number of nitrogens with one attached hydrogen (secondary N) is 1. The molecule has 1 atom stereocenters. The zero-order chi connectivity index (χ0) is 17.5. The highest BCUT2D eigenvalue weighted by molar-refractivity contribution is 5.79. The summed E-state index contributed by atoms with van der Waals surface area (Å²) in [5.74, 6) is 1.49. The van der Waals surface area contributed by atoms with Crippen LogP contribution in [0, 0.1) is 19.8 Å². The quantitative estimate of drug-likeness (QED) is 0.640. The van der Waals surface area contributed by atoms with E-state index < -0.39 is 0 Å². The highest BCUT2D eigenvalue weighted by atomic mass is 16.5. The van der Waals surface area contributed by atoms with E-state index in [-0.39, 0.29) is 0 Å². The Balaban J connectivity index is 1.78. The average Bonchev–Trinajstić information content (AvgIpc) is 2.87. The SMILES string of the molecule is CCOC1CCN(C(=NC)NCC(C)Cn2nc(C)cc2C)CC1. The molecule has 1 aliphatic heterocycles.